The van der Waals surface area contributed by atoms with Crippen molar-refractivity contribution < 1.29 is 23.1 Å². The van der Waals surface area contributed by atoms with Crippen molar-refractivity contribution in [3.8, 4) is 5.88 Å². The van der Waals surface area contributed by atoms with Crippen LogP contribution in [-0.4, -0.2) is 61.6 Å². The average Bonchev–Trinajstić information content (AvgIpc) is 3.42. The Kier molecular flexibility index (Phi) is 7.07. The van der Waals surface area contributed by atoms with Crippen LogP contribution in [0, 0.1) is 20.8 Å². The second-order valence-electron chi connectivity index (χ2n) is 9.92. The van der Waals surface area contributed by atoms with E-state index < -0.39 is 12.5 Å². The van der Waals surface area contributed by atoms with Gasteiger partial charge in [0.1, 0.15) is 11.3 Å². The molecule has 1 fully saturated rings. The summed E-state index contributed by atoms with van der Waals surface area (Å²) in [6.07, 6.45) is 4.12. The number of ether oxygens (including phenoxy) is 1. The smallest absolute Gasteiger partial charge is 0.388 e. The zero-order valence-corrected chi connectivity index (χ0v) is 22.2. The Labute approximate surface area is 224 Å². The Morgan fingerprint density at radius 1 is 1.15 bits per heavy atom. The molecule has 2 atom stereocenters. The number of amides is 2. The molecule has 0 saturated carbocycles. The molecule has 0 aliphatic carbocycles. The van der Waals surface area contributed by atoms with E-state index in [4.69, 9.17) is 0 Å². The number of likely N-dealkylation sites (tertiary alicyclic amines) is 1. The number of piperidine rings is 1. The van der Waals surface area contributed by atoms with Crippen molar-refractivity contribution in [3.05, 3.63) is 82.4 Å². The number of alkyl halides is 2. The van der Waals surface area contributed by atoms with Crippen LogP contribution in [0.25, 0.3) is 5.65 Å². The van der Waals surface area contributed by atoms with Crippen molar-refractivity contribution in [1.29, 1.82) is 0 Å². The summed E-state index contributed by atoms with van der Waals surface area (Å²) >= 11 is 0. The number of carbonyl (C=O) groups is 2. The second kappa shape index (κ2) is 10.5. The van der Waals surface area contributed by atoms with Gasteiger partial charge in [-0.05, 0) is 44.4 Å². The molecule has 4 heterocycles. The molecule has 9 nitrogen and oxygen atoms in total. The minimum Gasteiger partial charge on any atom is -0.415 e. The van der Waals surface area contributed by atoms with E-state index in [9.17, 15) is 18.4 Å². The van der Waals surface area contributed by atoms with Crippen LogP contribution in [0.5, 0.6) is 5.88 Å². The highest BCUT2D eigenvalue weighted by Gasteiger charge is 2.35. The lowest BCUT2D eigenvalue weighted by atomic mass is 9.85. The molecule has 11 heteroatoms. The first kappa shape index (κ1) is 26.3. The maximum Gasteiger partial charge on any atom is 0.388 e. The van der Waals surface area contributed by atoms with E-state index in [0.717, 1.165) is 22.5 Å². The fourth-order valence-electron chi connectivity index (χ4n) is 5.38. The number of hydrogen-bond donors (Lipinski definition) is 1. The van der Waals surface area contributed by atoms with E-state index in [0.29, 0.717) is 25.1 Å². The number of carbonyl (C=O) groups excluding carboxylic acids is 2. The van der Waals surface area contributed by atoms with Crippen molar-refractivity contribution in [2.24, 2.45) is 7.05 Å². The third kappa shape index (κ3) is 5.08. The molecule has 1 aromatic carbocycles. The molecular formula is C28H30F2N6O3. The van der Waals surface area contributed by atoms with E-state index in [2.05, 4.69) is 20.1 Å². The normalized spacial score (nSPS) is 17.6. The summed E-state index contributed by atoms with van der Waals surface area (Å²) in [6, 6.07) is 11.3. The summed E-state index contributed by atoms with van der Waals surface area (Å²) in [5, 5.41) is 7.01. The molecular weight excluding hydrogens is 506 g/mol. The highest BCUT2D eigenvalue weighted by Crippen LogP contribution is 2.30. The quantitative estimate of drug-likeness (QED) is 0.402. The maximum absolute atomic E-state index is 13.7. The number of hydrogen-bond acceptors (Lipinski definition) is 5. The lowest BCUT2D eigenvalue weighted by Crippen LogP contribution is -2.51. The predicted molar refractivity (Wildman–Crippen MR) is 140 cm³/mol. The number of pyridine rings is 1. The summed E-state index contributed by atoms with van der Waals surface area (Å²) in [4.78, 5) is 33.2. The molecule has 1 aliphatic rings. The van der Waals surface area contributed by atoms with Gasteiger partial charge in [0, 0.05) is 55.7 Å². The number of rotatable bonds is 6. The molecule has 1 saturated heterocycles. The molecule has 39 heavy (non-hydrogen) atoms. The molecule has 0 unspecified atom stereocenters. The minimum absolute atomic E-state index is 0.0879. The van der Waals surface area contributed by atoms with Crippen molar-refractivity contribution in [2.45, 2.75) is 45.8 Å². The Morgan fingerprint density at radius 3 is 2.62 bits per heavy atom. The third-order valence-corrected chi connectivity index (χ3v) is 7.32. The van der Waals surface area contributed by atoms with Gasteiger partial charge in [0.15, 0.2) is 0 Å². The average molecular weight is 537 g/mol. The van der Waals surface area contributed by atoms with E-state index >= 15 is 0 Å². The lowest BCUT2D eigenvalue weighted by molar-refractivity contribution is -0.0535. The van der Waals surface area contributed by atoms with Gasteiger partial charge in [0.25, 0.3) is 11.8 Å². The van der Waals surface area contributed by atoms with Gasteiger partial charge in [-0.3, -0.25) is 14.3 Å². The minimum atomic E-state index is -3.04. The summed E-state index contributed by atoms with van der Waals surface area (Å²) in [5.41, 5.74) is 4.63. The molecule has 5 rings (SSSR count). The maximum atomic E-state index is 13.7. The van der Waals surface area contributed by atoms with Crippen LogP contribution in [0.4, 0.5) is 8.78 Å². The Morgan fingerprint density at radius 2 is 1.90 bits per heavy atom. The SMILES string of the molecule is Cc1c(OC(F)F)nn(C)c1C(=O)N[C@@H]1CCN(C(=O)c2cc(C)c3ncc(C)n3c2)C[C@@H]1c1ccccc1. The van der Waals surface area contributed by atoms with E-state index in [1.165, 1.54) is 18.7 Å². The van der Waals surface area contributed by atoms with Crippen molar-refractivity contribution >= 4 is 17.5 Å². The summed E-state index contributed by atoms with van der Waals surface area (Å²) in [5.74, 6) is -0.986. The number of benzene rings is 1. The van der Waals surface area contributed by atoms with E-state index in [1.807, 2.05) is 65.7 Å². The predicted octanol–water partition coefficient (Wildman–Crippen LogP) is 4.02. The monoisotopic (exact) mass is 536 g/mol. The summed E-state index contributed by atoms with van der Waals surface area (Å²) in [6.45, 7) is 3.21. The number of halogens is 2. The molecule has 3 aromatic heterocycles. The first-order chi connectivity index (χ1) is 18.6. The summed E-state index contributed by atoms with van der Waals surface area (Å²) in [7, 11) is 1.51. The van der Waals surface area contributed by atoms with Crippen LogP contribution in [0.15, 0.2) is 48.8 Å². The second-order valence-corrected chi connectivity index (χ2v) is 9.92. The number of aryl methyl sites for hydroxylation is 3. The highest BCUT2D eigenvalue weighted by atomic mass is 19.3. The Balaban J connectivity index is 1.40. The Bertz CT molecular complexity index is 1530. The fourth-order valence-corrected chi connectivity index (χ4v) is 5.38. The largest absolute Gasteiger partial charge is 0.415 e. The van der Waals surface area contributed by atoms with E-state index in [-0.39, 0.29) is 35.0 Å². The third-order valence-electron chi connectivity index (χ3n) is 7.32. The summed E-state index contributed by atoms with van der Waals surface area (Å²) < 4.78 is 33.2. The van der Waals surface area contributed by atoms with Gasteiger partial charge in [-0.2, -0.15) is 8.78 Å². The lowest BCUT2D eigenvalue weighted by Gasteiger charge is -2.39. The molecule has 2 amide bonds. The highest BCUT2D eigenvalue weighted by molar-refractivity contribution is 5.96. The van der Waals surface area contributed by atoms with Gasteiger partial charge in [0.05, 0.1) is 5.56 Å². The molecule has 1 N–H and O–H groups in total. The number of nitrogens with one attached hydrogen (secondary N) is 1. The number of imidazole rings is 1. The first-order valence-electron chi connectivity index (χ1n) is 12.7. The standard InChI is InChI=1S/C28H30F2N6O3/c1-16-12-20(14-36-17(2)13-31-24(16)36)27(38)35-11-10-22(21(15-35)19-8-6-5-7-9-19)32-25(37)23-18(3)26(33-34(23)4)39-28(29)30/h5-9,12-14,21-22,28H,10-11,15H2,1-4H3,(H,32,37)/t21-,22-/m1/s1. The van der Waals surface area contributed by atoms with Gasteiger partial charge in [-0.1, -0.05) is 30.3 Å². The van der Waals surface area contributed by atoms with Crippen LogP contribution in [0.1, 0.15) is 55.6 Å². The molecule has 1 aliphatic heterocycles. The van der Waals surface area contributed by atoms with Crippen molar-refractivity contribution in [1.82, 2.24) is 29.4 Å². The van der Waals surface area contributed by atoms with Crippen molar-refractivity contribution in [3.63, 3.8) is 0 Å². The van der Waals surface area contributed by atoms with Crippen LogP contribution < -0.4 is 10.1 Å². The van der Waals surface area contributed by atoms with Crippen LogP contribution in [0.3, 0.4) is 0 Å². The molecule has 4 aromatic rings. The number of nitrogens with zero attached hydrogens (tertiary/aromatic N) is 5. The topological polar surface area (TPSA) is 93.8 Å². The number of aromatic nitrogens is 4. The molecule has 0 bridgehead atoms. The Hall–Kier alpha value is -4.28. The zero-order chi connectivity index (χ0) is 27.8. The van der Waals surface area contributed by atoms with Gasteiger partial charge in [-0.25, -0.2) is 4.98 Å². The van der Waals surface area contributed by atoms with Gasteiger partial charge in [0.2, 0.25) is 5.88 Å². The van der Waals surface area contributed by atoms with Crippen LogP contribution in [0.2, 0.25) is 0 Å². The molecule has 204 valence electrons. The fraction of sp³-hybridized carbons (Fsp3) is 0.357. The molecule has 0 spiro atoms. The van der Waals surface area contributed by atoms with Gasteiger partial charge < -0.3 is 19.4 Å². The van der Waals surface area contributed by atoms with E-state index in [1.54, 1.807) is 6.20 Å². The van der Waals surface area contributed by atoms with Crippen LogP contribution in [-0.2, 0) is 7.05 Å². The zero-order valence-electron chi connectivity index (χ0n) is 22.2. The molecule has 0 radical (unpaired) electrons. The van der Waals surface area contributed by atoms with Gasteiger partial charge >= 0.3 is 6.61 Å². The number of fused-ring (bicyclic) bond motifs is 1. The first-order valence-corrected chi connectivity index (χ1v) is 12.7. The van der Waals surface area contributed by atoms with Gasteiger partial charge in [-0.15, -0.1) is 5.10 Å². The van der Waals surface area contributed by atoms with Crippen molar-refractivity contribution in [2.75, 3.05) is 13.1 Å². The van der Waals surface area contributed by atoms with Crippen LogP contribution >= 0.6 is 0 Å².